The lowest BCUT2D eigenvalue weighted by Crippen LogP contribution is -2.48. The number of unbranched alkanes of at least 4 members (excludes halogenated alkanes) is 1. The van der Waals surface area contributed by atoms with E-state index in [9.17, 15) is 9.59 Å². The maximum atomic E-state index is 12.8. The lowest BCUT2D eigenvalue weighted by atomic mass is 9.88. The Bertz CT molecular complexity index is 869. The van der Waals surface area contributed by atoms with E-state index >= 15 is 0 Å². The summed E-state index contributed by atoms with van der Waals surface area (Å²) in [6, 6.07) is 9.55. The van der Waals surface area contributed by atoms with Gasteiger partial charge in [0.1, 0.15) is 6.29 Å². The number of amides is 1. The van der Waals surface area contributed by atoms with Crippen LogP contribution < -0.4 is 10.6 Å². The summed E-state index contributed by atoms with van der Waals surface area (Å²) >= 11 is 6.19. The lowest BCUT2D eigenvalue weighted by Gasteiger charge is -2.22. The van der Waals surface area contributed by atoms with Gasteiger partial charge in [0.05, 0.1) is 23.6 Å². The minimum atomic E-state index is -0.562. The van der Waals surface area contributed by atoms with Crippen molar-refractivity contribution in [1.29, 1.82) is 0 Å². The molecular weight excluding hydrogens is 496 g/mol. The molecule has 0 bridgehead atoms. The summed E-state index contributed by atoms with van der Waals surface area (Å²) in [6.45, 7) is 12.8. The first-order valence-corrected chi connectivity index (χ1v) is 14.4. The van der Waals surface area contributed by atoms with Gasteiger partial charge in [0.15, 0.2) is 0 Å². The standard InChI is InChI=1S/C32H49ClN2O3/c1-7-27(19-20-31(38-6)26(5)33)22-30(32(37)34-8-2)35-29(23-36)18-14-9-11-15-24(3)21-25(4)28-16-12-10-13-17-28/h7,10,12-14,16-19,23-26,29-31,35H,1,8-9,11,15,20-22H2,2-6H3,(H,34,37)/b18-14+,27-19+/t24?,25?,26?,29?,30-,31?/m1/s1. The number of allylic oxidation sites excluding steroid dienone is 2. The van der Waals surface area contributed by atoms with E-state index in [0.717, 1.165) is 37.5 Å². The van der Waals surface area contributed by atoms with Gasteiger partial charge < -0.3 is 14.8 Å². The van der Waals surface area contributed by atoms with Crippen LogP contribution in [0, 0.1) is 5.92 Å². The number of aldehydes is 1. The molecule has 0 spiro atoms. The quantitative estimate of drug-likeness (QED) is 0.0627. The van der Waals surface area contributed by atoms with Crippen molar-refractivity contribution in [2.45, 2.75) is 95.7 Å². The maximum Gasteiger partial charge on any atom is 0.237 e. The van der Waals surface area contributed by atoms with Gasteiger partial charge in [-0.15, -0.1) is 11.6 Å². The number of hydrogen-bond donors (Lipinski definition) is 2. The van der Waals surface area contributed by atoms with E-state index in [4.69, 9.17) is 16.3 Å². The predicted molar refractivity (Wildman–Crippen MR) is 161 cm³/mol. The van der Waals surface area contributed by atoms with Crippen LogP contribution >= 0.6 is 11.6 Å². The summed E-state index contributed by atoms with van der Waals surface area (Å²) in [7, 11) is 1.64. The number of ether oxygens (including phenoxy) is 1. The highest BCUT2D eigenvalue weighted by Gasteiger charge is 2.22. The second-order valence-corrected chi connectivity index (χ2v) is 10.9. The monoisotopic (exact) mass is 544 g/mol. The van der Waals surface area contributed by atoms with E-state index in [1.165, 1.54) is 5.56 Å². The minimum absolute atomic E-state index is 0.127. The third-order valence-electron chi connectivity index (χ3n) is 6.87. The van der Waals surface area contributed by atoms with E-state index in [2.05, 4.69) is 61.4 Å². The SMILES string of the molecule is C=C/C(=C\CC(OC)C(C)Cl)C[C@@H](NC(C=O)/C=C/CCCC(C)CC(C)c1ccccc1)C(=O)NCC. The number of carbonyl (C=O) groups is 2. The summed E-state index contributed by atoms with van der Waals surface area (Å²) in [6.07, 6.45) is 13.7. The van der Waals surface area contributed by atoms with E-state index in [-0.39, 0.29) is 17.4 Å². The Labute approximate surface area is 236 Å². The molecule has 6 heteroatoms. The zero-order chi connectivity index (χ0) is 28.3. The highest BCUT2D eigenvalue weighted by Crippen LogP contribution is 2.25. The molecular formula is C32H49ClN2O3. The Kier molecular flexibility index (Phi) is 17.6. The molecule has 0 aliphatic rings. The molecule has 0 aliphatic carbocycles. The minimum Gasteiger partial charge on any atom is -0.380 e. The number of hydrogen-bond acceptors (Lipinski definition) is 4. The van der Waals surface area contributed by atoms with Crippen molar-refractivity contribution in [3.8, 4) is 0 Å². The number of alkyl halides is 1. The highest BCUT2D eigenvalue weighted by molar-refractivity contribution is 6.20. The Morgan fingerprint density at radius 1 is 1.18 bits per heavy atom. The normalized spacial score (nSPS) is 16.8. The van der Waals surface area contributed by atoms with E-state index in [1.54, 1.807) is 13.2 Å². The fourth-order valence-corrected chi connectivity index (χ4v) is 4.79. The first-order valence-electron chi connectivity index (χ1n) is 13.9. The predicted octanol–water partition coefficient (Wildman–Crippen LogP) is 6.74. The van der Waals surface area contributed by atoms with Crippen molar-refractivity contribution in [3.05, 3.63) is 72.4 Å². The van der Waals surface area contributed by atoms with Crippen molar-refractivity contribution < 1.29 is 14.3 Å². The zero-order valence-corrected chi connectivity index (χ0v) is 24.8. The van der Waals surface area contributed by atoms with Crippen LogP contribution in [0.1, 0.15) is 77.7 Å². The van der Waals surface area contributed by atoms with E-state index in [1.807, 2.05) is 32.1 Å². The molecule has 1 aromatic carbocycles. The molecule has 212 valence electrons. The van der Waals surface area contributed by atoms with Gasteiger partial charge in [0, 0.05) is 13.7 Å². The topological polar surface area (TPSA) is 67.4 Å². The molecule has 38 heavy (non-hydrogen) atoms. The van der Waals surface area contributed by atoms with Crippen molar-refractivity contribution >= 4 is 23.8 Å². The molecule has 0 aromatic heterocycles. The molecule has 0 saturated heterocycles. The number of halogens is 1. The zero-order valence-electron chi connectivity index (χ0n) is 24.0. The summed E-state index contributed by atoms with van der Waals surface area (Å²) in [5.41, 5.74) is 2.29. The third-order valence-corrected chi connectivity index (χ3v) is 7.15. The Morgan fingerprint density at radius 3 is 2.47 bits per heavy atom. The lowest BCUT2D eigenvalue weighted by molar-refractivity contribution is -0.123. The average Bonchev–Trinajstić information content (AvgIpc) is 2.91. The van der Waals surface area contributed by atoms with Crippen molar-refractivity contribution in [2.75, 3.05) is 13.7 Å². The number of nitrogens with one attached hydrogen (secondary N) is 2. The van der Waals surface area contributed by atoms with E-state index < -0.39 is 12.1 Å². The second kappa shape index (κ2) is 19.8. The van der Waals surface area contributed by atoms with Crippen LogP contribution in [0.25, 0.3) is 0 Å². The van der Waals surface area contributed by atoms with Crippen molar-refractivity contribution in [1.82, 2.24) is 10.6 Å². The Balaban J connectivity index is 2.65. The van der Waals surface area contributed by atoms with Crippen molar-refractivity contribution in [2.24, 2.45) is 5.92 Å². The first-order chi connectivity index (χ1) is 18.2. The number of likely N-dealkylation sites (N-methyl/N-ethyl adjacent to an activating group) is 1. The van der Waals surface area contributed by atoms with Crippen LogP contribution in [-0.2, 0) is 14.3 Å². The van der Waals surface area contributed by atoms with Crippen LogP contribution in [0.4, 0.5) is 0 Å². The number of carbonyl (C=O) groups excluding carboxylic acids is 2. The smallest absolute Gasteiger partial charge is 0.237 e. The van der Waals surface area contributed by atoms with Gasteiger partial charge in [-0.2, -0.15) is 0 Å². The fraction of sp³-hybridized carbons (Fsp3) is 0.562. The summed E-state index contributed by atoms with van der Waals surface area (Å²) < 4.78 is 5.44. The van der Waals surface area contributed by atoms with E-state index in [0.29, 0.717) is 31.2 Å². The molecule has 5 nitrogen and oxygen atoms in total. The second-order valence-electron chi connectivity index (χ2n) is 10.2. The molecule has 0 heterocycles. The van der Waals surface area contributed by atoms with Gasteiger partial charge in [-0.25, -0.2) is 0 Å². The molecule has 1 aromatic rings. The molecule has 5 unspecified atom stereocenters. The molecule has 0 aliphatic heterocycles. The third kappa shape index (κ3) is 13.5. The highest BCUT2D eigenvalue weighted by atomic mass is 35.5. The molecule has 1 rings (SSSR count). The molecule has 0 radical (unpaired) electrons. The van der Waals surface area contributed by atoms with Gasteiger partial charge >= 0.3 is 0 Å². The van der Waals surface area contributed by atoms with Gasteiger partial charge in [-0.3, -0.25) is 10.1 Å². The van der Waals surface area contributed by atoms with Gasteiger partial charge in [0.25, 0.3) is 0 Å². The molecule has 2 N–H and O–H groups in total. The maximum absolute atomic E-state index is 12.8. The molecule has 0 saturated carbocycles. The first kappa shape index (κ1) is 33.8. The molecule has 0 fully saturated rings. The average molecular weight is 545 g/mol. The van der Waals surface area contributed by atoms with Gasteiger partial charge in [-0.1, -0.05) is 87.1 Å². The summed E-state index contributed by atoms with van der Waals surface area (Å²) in [5.74, 6) is 1.03. The van der Waals surface area contributed by atoms with Crippen molar-refractivity contribution in [3.63, 3.8) is 0 Å². The Morgan fingerprint density at radius 2 is 1.89 bits per heavy atom. The van der Waals surface area contributed by atoms with Crippen LogP contribution in [-0.4, -0.2) is 49.4 Å². The fourth-order valence-electron chi connectivity index (χ4n) is 4.59. The van der Waals surface area contributed by atoms with Crippen LogP contribution in [0.5, 0.6) is 0 Å². The van der Waals surface area contributed by atoms with Crippen LogP contribution in [0.3, 0.4) is 0 Å². The summed E-state index contributed by atoms with van der Waals surface area (Å²) in [4.78, 5) is 24.6. The van der Waals surface area contributed by atoms with Gasteiger partial charge in [-0.05, 0) is 63.4 Å². The molecule has 6 atom stereocenters. The summed E-state index contributed by atoms with van der Waals surface area (Å²) in [5, 5.41) is 5.94. The largest absolute Gasteiger partial charge is 0.380 e. The number of benzene rings is 1. The van der Waals surface area contributed by atoms with Gasteiger partial charge in [0.2, 0.25) is 5.91 Å². The number of rotatable bonds is 20. The molecule has 1 amide bonds. The van der Waals surface area contributed by atoms with Crippen LogP contribution in [0.2, 0.25) is 0 Å². The number of methoxy groups -OCH3 is 1. The Hall–Kier alpha value is -2.21. The van der Waals surface area contributed by atoms with Crippen LogP contribution in [0.15, 0.2) is 66.8 Å².